The van der Waals surface area contributed by atoms with Crippen LogP contribution in [0.5, 0.6) is 0 Å². The molecule has 1 amide bonds. The summed E-state index contributed by atoms with van der Waals surface area (Å²) in [7, 11) is 0. The average molecular weight is 308 g/mol. The Morgan fingerprint density at radius 2 is 1.73 bits per heavy atom. The number of carbonyl (C=O) groups excluding carboxylic acids is 1. The fourth-order valence-corrected chi connectivity index (χ4v) is 1.49. The van der Waals surface area contributed by atoms with Gasteiger partial charge in [-0.25, -0.2) is 4.79 Å². The van der Waals surface area contributed by atoms with Crippen LogP contribution in [0.1, 0.15) is 40.2 Å². The zero-order valence-corrected chi connectivity index (χ0v) is 14.9. The van der Waals surface area contributed by atoms with Gasteiger partial charge in [0.25, 0.3) is 0 Å². The van der Waals surface area contributed by atoms with E-state index in [2.05, 4.69) is 43.5 Å². The third-order valence-electron chi connectivity index (χ3n) is 2.46. The molecule has 1 aromatic carbocycles. The van der Waals surface area contributed by atoms with Crippen molar-refractivity contribution >= 4 is 6.09 Å². The molecule has 0 aliphatic carbocycles. The van der Waals surface area contributed by atoms with Crippen LogP contribution in [0.15, 0.2) is 30.3 Å². The quantitative estimate of drug-likeness (QED) is 0.815. The molecule has 0 aliphatic rings. The summed E-state index contributed by atoms with van der Waals surface area (Å²) in [4.78, 5) is 11.2. The Bertz CT molecular complexity index is 397. The summed E-state index contributed by atoms with van der Waals surface area (Å²) in [5.74, 6) is 0.631. The van der Waals surface area contributed by atoms with Crippen molar-refractivity contribution in [2.75, 3.05) is 19.6 Å². The number of rotatable bonds is 5. The van der Waals surface area contributed by atoms with Crippen LogP contribution in [0.3, 0.4) is 0 Å². The second-order valence-corrected chi connectivity index (χ2v) is 6.68. The Kier molecular flexibility index (Phi) is 10.3. The SMILES string of the molecule is CC(C)CNCCNC(=O)OC(C)(C)C.Cc1ccccc1. The van der Waals surface area contributed by atoms with Gasteiger partial charge in [-0.3, -0.25) is 0 Å². The first-order valence-corrected chi connectivity index (χ1v) is 7.90. The number of benzene rings is 1. The van der Waals surface area contributed by atoms with Crippen molar-refractivity contribution in [3.8, 4) is 0 Å². The fraction of sp³-hybridized carbons (Fsp3) is 0.611. The van der Waals surface area contributed by atoms with Gasteiger partial charge in [0.15, 0.2) is 0 Å². The predicted octanol–water partition coefficient (Wildman–Crippen LogP) is 3.75. The fourth-order valence-electron chi connectivity index (χ4n) is 1.49. The molecule has 0 bridgehead atoms. The standard InChI is InChI=1S/C11H24N2O2.C7H8/c1-9(2)8-12-6-7-13-10(14)15-11(3,4)5;1-7-5-3-2-4-6-7/h9,12H,6-8H2,1-5H3,(H,13,14);2-6H,1H3. The number of hydrogen-bond donors (Lipinski definition) is 2. The van der Waals surface area contributed by atoms with Gasteiger partial charge in [-0.05, 0) is 40.2 Å². The summed E-state index contributed by atoms with van der Waals surface area (Å²) >= 11 is 0. The summed E-state index contributed by atoms with van der Waals surface area (Å²) in [5.41, 5.74) is 0.901. The third-order valence-corrected chi connectivity index (χ3v) is 2.46. The lowest BCUT2D eigenvalue weighted by atomic mass is 10.2. The zero-order chi connectivity index (χ0) is 17.0. The van der Waals surface area contributed by atoms with E-state index in [4.69, 9.17) is 4.74 Å². The molecule has 126 valence electrons. The minimum absolute atomic E-state index is 0.353. The molecule has 4 heteroatoms. The van der Waals surface area contributed by atoms with Crippen LogP contribution < -0.4 is 10.6 Å². The number of ether oxygens (including phenoxy) is 1. The molecule has 0 aromatic heterocycles. The smallest absolute Gasteiger partial charge is 0.407 e. The first-order chi connectivity index (χ1) is 10.2. The van der Waals surface area contributed by atoms with Gasteiger partial charge in [0.2, 0.25) is 0 Å². The molecule has 22 heavy (non-hydrogen) atoms. The molecule has 0 radical (unpaired) electrons. The third kappa shape index (κ3) is 14.9. The first-order valence-electron chi connectivity index (χ1n) is 7.90. The Morgan fingerprint density at radius 3 is 2.14 bits per heavy atom. The molecule has 0 atom stereocenters. The maximum absolute atomic E-state index is 11.2. The highest BCUT2D eigenvalue weighted by atomic mass is 16.6. The van der Waals surface area contributed by atoms with Crippen LogP contribution in [-0.2, 0) is 4.74 Å². The van der Waals surface area contributed by atoms with E-state index in [0.29, 0.717) is 12.5 Å². The maximum atomic E-state index is 11.2. The summed E-state index contributed by atoms with van der Waals surface area (Å²) in [6.07, 6.45) is -0.353. The van der Waals surface area contributed by atoms with Gasteiger partial charge in [0.1, 0.15) is 5.60 Å². The molecule has 0 saturated heterocycles. The van der Waals surface area contributed by atoms with E-state index in [0.717, 1.165) is 13.1 Å². The first kappa shape index (κ1) is 20.5. The lowest BCUT2D eigenvalue weighted by Gasteiger charge is -2.19. The highest BCUT2D eigenvalue weighted by molar-refractivity contribution is 5.67. The van der Waals surface area contributed by atoms with Gasteiger partial charge < -0.3 is 15.4 Å². The van der Waals surface area contributed by atoms with E-state index < -0.39 is 5.60 Å². The molecule has 0 aliphatic heterocycles. The van der Waals surface area contributed by atoms with Crippen LogP contribution in [0.2, 0.25) is 0 Å². The van der Waals surface area contributed by atoms with Crippen molar-refractivity contribution in [1.82, 2.24) is 10.6 Å². The summed E-state index contributed by atoms with van der Waals surface area (Å²) < 4.78 is 5.09. The number of carbonyl (C=O) groups is 1. The molecule has 0 saturated carbocycles. The van der Waals surface area contributed by atoms with Crippen molar-refractivity contribution < 1.29 is 9.53 Å². The summed E-state index contributed by atoms with van der Waals surface area (Å²) in [5, 5.41) is 5.92. The maximum Gasteiger partial charge on any atom is 0.407 e. The molecular weight excluding hydrogens is 276 g/mol. The Hall–Kier alpha value is -1.55. The molecule has 4 nitrogen and oxygen atoms in total. The largest absolute Gasteiger partial charge is 0.444 e. The minimum Gasteiger partial charge on any atom is -0.444 e. The van der Waals surface area contributed by atoms with Crippen molar-refractivity contribution in [1.29, 1.82) is 0 Å². The van der Waals surface area contributed by atoms with Crippen LogP contribution in [-0.4, -0.2) is 31.3 Å². The Balaban J connectivity index is 0.000000518. The van der Waals surface area contributed by atoms with Gasteiger partial charge >= 0.3 is 6.09 Å². The second kappa shape index (κ2) is 11.1. The van der Waals surface area contributed by atoms with Crippen LogP contribution in [0.4, 0.5) is 4.79 Å². The van der Waals surface area contributed by atoms with E-state index in [-0.39, 0.29) is 6.09 Å². The molecule has 1 rings (SSSR count). The number of nitrogens with one attached hydrogen (secondary N) is 2. The highest BCUT2D eigenvalue weighted by Gasteiger charge is 2.15. The lowest BCUT2D eigenvalue weighted by Crippen LogP contribution is -2.37. The molecular formula is C18H32N2O2. The van der Waals surface area contributed by atoms with E-state index in [9.17, 15) is 4.79 Å². The van der Waals surface area contributed by atoms with Gasteiger partial charge in [-0.1, -0.05) is 49.7 Å². The molecule has 0 spiro atoms. The van der Waals surface area contributed by atoms with Crippen LogP contribution >= 0.6 is 0 Å². The summed E-state index contributed by atoms with van der Waals surface area (Å²) in [6.45, 7) is 14.3. The number of aryl methyl sites for hydroxylation is 1. The van der Waals surface area contributed by atoms with Gasteiger partial charge in [-0.15, -0.1) is 0 Å². The lowest BCUT2D eigenvalue weighted by molar-refractivity contribution is 0.0528. The number of amides is 1. The molecule has 2 N–H and O–H groups in total. The van der Waals surface area contributed by atoms with Crippen molar-refractivity contribution in [2.24, 2.45) is 5.92 Å². The molecule has 0 unspecified atom stereocenters. The van der Waals surface area contributed by atoms with Gasteiger partial charge in [0, 0.05) is 13.1 Å². The minimum atomic E-state index is -0.421. The Morgan fingerprint density at radius 1 is 1.14 bits per heavy atom. The van der Waals surface area contributed by atoms with Gasteiger partial charge in [0.05, 0.1) is 0 Å². The van der Waals surface area contributed by atoms with Gasteiger partial charge in [-0.2, -0.15) is 0 Å². The van der Waals surface area contributed by atoms with Crippen LogP contribution in [0, 0.1) is 12.8 Å². The second-order valence-electron chi connectivity index (χ2n) is 6.68. The molecule has 0 heterocycles. The predicted molar refractivity (Wildman–Crippen MR) is 93.1 cm³/mol. The average Bonchev–Trinajstić information content (AvgIpc) is 2.37. The van der Waals surface area contributed by atoms with Crippen molar-refractivity contribution in [2.45, 2.75) is 47.1 Å². The van der Waals surface area contributed by atoms with E-state index in [1.165, 1.54) is 5.56 Å². The molecule has 1 aromatic rings. The number of alkyl carbamates (subject to hydrolysis) is 1. The summed E-state index contributed by atoms with van der Waals surface area (Å²) in [6, 6.07) is 10.3. The Labute approximate surface area is 135 Å². The van der Waals surface area contributed by atoms with E-state index in [1.807, 2.05) is 39.0 Å². The van der Waals surface area contributed by atoms with Crippen molar-refractivity contribution in [3.05, 3.63) is 35.9 Å². The monoisotopic (exact) mass is 308 g/mol. The highest BCUT2D eigenvalue weighted by Crippen LogP contribution is 2.05. The van der Waals surface area contributed by atoms with E-state index in [1.54, 1.807) is 0 Å². The van der Waals surface area contributed by atoms with Crippen LogP contribution in [0.25, 0.3) is 0 Å². The molecule has 0 fully saturated rings. The van der Waals surface area contributed by atoms with Crippen molar-refractivity contribution in [3.63, 3.8) is 0 Å². The normalized spacial score (nSPS) is 10.7. The van der Waals surface area contributed by atoms with E-state index >= 15 is 0 Å². The topological polar surface area (TPSA) is 50.4 Å². The zero-order valence-electron chi connectivity index (χ0n) is 14.9. The number of hydrogen-bond acceptors (Lipinski definition) is 3.